The van der Waals surface area contributed by atoms with Crippen LogP contribution in [0.4, 0.5) is 0 Å². The third-order valence-electron chi connectivity index (χ3n) is 10.6. The van der Waals surface area contributed by atoms with Gasteiger partial charge in [0.25, 0.3) is 0 Å². The van der Waals surface area contributed by atoms with E-state index in [1.165, 1.54) is 88.3 Å². The molecule has 0 N–H and O–H groups in total. The molecule has 7 aromatic rings. The summed E-state index contributed by atoms with van der Waals surface area (Å²) in [7, 11) is 0. The maximum absolute atomic E-state index is 2.50. The summed E-state index contributed by atoms with van der Waals surface area (Å²) < 4.78 is 0. The van der Waals surface area contributed by atoms with Crippen LogP contribution in [0.25, 0.3) is 66.1 Å². The van der Waals surface area contributed by atoms with Crippen molar-refractivity contribution in [2.75, 3.05) is 0 Å². The van der Waals surface area contributed by atoms with Gasteiger partial charge in [-0.3, -0.25) is 0 Å². The Bertz CT molecular complexity index is 2260. The van der Waals surface area contributed by atoms with Gasteiger partial charge in [0.05, 0.1) is 0 Å². The summed E-state index contributed by atoms with van der Waals surface area (Å²) in [4.78, 5) is 0. The van der Waals surface area contributed by atoms with Gasteiger partial charge in [-0.15, -0.1) is 0 Å². The first-order chi connectivity index (χ1) is 21.4. The lowest BCUT2D eigenvalue weighted by Gasteiger charge is -2.26. The van der Waals surface area contributed by atoms with Crippen molar-refractivity contribution < 1.29 is 0 Å². The summed E-state index contributed by atoms with van der Waals surface area (Å²) in [5, 5.41) is 5.20. The van der Waals surface area contributed by atoms with Gasteiger partial charge in [0.2, 0.25) is 0 Å². The number of benzene rings is 7. The molecule has 7 aromatic carbocycles. The molecule has 0 atom stereocenters. The van der Waals surface area contributed by atoms with Crippen LogP contribution in [0.5, 0.6) is 0 Å². The monoisotopic (exact) mass is 562 g/mol. The molecule has 9 rings (SSSR count). The summed E-state index contributed by atoms with van der Waals surface area (Å²) in [6.07, 6.45) is 0. The highest BCUT2D eigenvalue weighted by Gasteiger charge is 2.44. The molecular weight excluding hydrogens is 528 g/mol. The smallest absolute Gasteiger partial charge is 0.0165 e. The van der Waals surface area contributed by atoms with Crippen LogP contribution in [0.3, 0.4) is 0 Å². The minimum absolute atomic E-state index is 0.00466. The molecule has 210 valence electrons. The van der Waals surface area contributed by atoms with E-state index in [-0.39, 0.29) is 10.8 Å². The molecule has 0 bridgehead atoms. The van der Waals surface area contributed by atoms with Gasteiger partial charge < -0.3 is 0 Å². The van der Waals surface area contributed by atoms with Gasteiger partial charge in [-0.1, -0.05) is 155 Å². The molecule has 44 heavy (non-hydrogen) atoms. The van der Waals surface area contributed by atoms with Crippen molar-refractivity contribution in [1.29, 1.82) is 0 Å². The van der Waals surface area contributed by atoms with Gasteiger partial charge in [-0.2, -0.15) is 0 Å². The minimum Gasteiger partial charge on any atom is -0.0622 e. The van der Waals surface area contributed by atoms with Crippen LogP contribution in [0.1, 0.15) is 49.9 Å². The zero-order valence-corrected chi connectivity index (χ0v) is 25.7. The lowest BCUT2D eigenvalue weighted by molar-refractivity contribution is 0.647. The topological polar surface area (TPSA) is 0 Å². The van der Waals surface area contributed by atoms with E-state index in [0.29, 0.717) is 0 Å². The average Bonchev–Trinajstić information content (AvgIpc) is 3.43. The molecule has 2 aliphatic rings. The van der Waals surface area contributed by atoms with Crippen molar-refractivity contribution in [2.45, 2.75) is 38.5 Å². The van der Waals surface area contributed by atoms with Crippen LogP contribution in [0.15, 0.2) is 133 Å². The summed E-state index contributed by atoms with van der Waals surface area (Å²) in [6, 6.07) is 49.9. The van der Waals surface area contributed by atoms with Crippen molar-refractivity contribution in [3.8, 4) is 44.5 Å². The summed E-state index contributed by atoms with van der Waals surface area (Å²) in [5.41, 5.74) is 16.4. The molecule has 0 fully saturated rings. The molecule has 2 aliphatic carbocycles. The molecule has 0 unspecified atom stereocenters. The molecule has 0 saturated carbocycles. The minimum atomic E-state index is -0.130. The molecule has 0 aromatic heterocycles. The SMILES string of the molecule is CC1(C)c2ccccc2-c2c1ccc1c2C(C)(C)c2cc(-c3c4ccccc4c(-c4ccccc4)c4ccccc34)ccc2-1. The predicted molar refractivity (Wildman–Crippen MR) is 187 cm³/mol. The van der Waals surface area contributed by atoms with Crippen LogP contribution in [-0.4, -0.2) is 0 Å². The van der Waals surface area contributed by atoms with Crippen LogP contribution in [0.2, 0.25) is 0 Å². The van der Waals surface area contributed by atoms with Gasteiger partial charge in [-0.05, 0) is 94.4 Å². The Labute approximate surface area is 259 Å². The maximum Gasteiger partial charge on any atom is 0.0165 e. The Kier molecular flexibility index (Phi) is 5.11. The zero-order valence-electron chi connectivity index (χ0n) is 25.7. The molecule has 0 heterocycles. The van der Waals surface area contributed by atoms with Gasteiger partial charge in [-0.25, -0.2) is 0 Å². The van der Waals surface area contributed by atoms with E-state index in [1.807, 2.05) is 0 Å². The molecular formula is C44H34. The van der Waals surface area contributed by atoms with Crippen LogP contribution < -0.4 is 0 Å². The van der Waals surface area contributed by atoms with Crippen molar-refractivity contribution in [1.82, 2.24) is 0 Å². The van der Waals surface area contributed by atoms with Gasteiger partial charge in [0.1, 0.15) is 0 Å². The largest absolute Gasteiger partial charge is 0.0622 e. The maximum atomic E-state index is 2.50. The van der Waals surface area contributed by atoms with E-state index < -0.39 is 0 Å². The molecule has 0 amide bonds. The van der Waals surface area contributed by atoms with Crippen molar-refractivity contribution in [2.24, 2.45) is 0 Å². The zero-order chi connectivity index (χ0) is 29.8. The third kappa shape index (κ3) is 3.23. The molecule has 0 spiro atoms. The Morgan fingerprint density at radius 3 is 1.55 bits per heavy atom. The second-order valence-corrected chi connectivity index (χ2v) is 13.7. The highest BCUT2D eigenvalue weighted by Crippen LogP contribution is 2.59. The second kappa shape index (κ2) is 8.80. The Hall–Kier alpha value is -4.94. The lowest BCUT2D eigenvalue weighted by Crippen LogP contribution is -2.18. The Morgan fingerprint density at radius 1 is 0.341 bits per heavy atom. The first-order valence-electron chi connectivity index (χ1n) is 15.8. The summed E-state index contributed by atoms with van der Waals surface area (Å²) >= 11 is 0. The number of hydrogen-bond donors (Lipinski definition) is 0. The van der Waals surface area contributed by atoms with E-state index in [2.05, 4.69) is 161 Å². The fourth-order valence-corrected chi connectivity index (χ4v) is 8.61. The summed E-state index contributed by atoms with van der Waals surface area (Å²) in [5.74, 6) is 0. The molecule has 0 heteroatoms. The fourth-order valence-electron chi connectivity index (χ4n) is 8.61. The van der Waals surface area contributed by atoms with E-state index in [9.17, 15) is 0 Å². The molecule has 0 nitrogen and oxygen atoms in total. The van der Waals surface area contributed by atoms with Crippen molar-refractivity contribution >= 4 is 21.5 Å². The molecule has 0 aliphatic heterocycles. The van der Waals surface area contributed by atoms with E-state index in [1.54, 1.807) is 0 Å². The third-order valence-corrected chi connectivity index (χ3v) is 10.6. The quantitative estimate of drug-likeness (QED) is 0.184. The van der Waals surface area contributed by atoms with Crippen molar-refractivity contribution in [3.05, 3.63) is 156 Å². The van der Waals surface area contributed by atoms with Crippen LogP contribution >= 0.6 is 0 Å². The second-order valence-electron chi connectivity index (χ2n) is 13.7. The Morgan fingerprint density at radius 2 is 0.886 bits per heavy atom. The van der Waals surface area contributed by atoms with Gasteiger partial charge in [0.15, 0.2) is 0 Å². The predicted octanol–water partition coefficient (Wildman–Crippen LogP) is 11.9. The molecule has 0 saturated heterocycles. The standard InChI is InChI=1S/C44H34/c1-43(2)36-21-13-12-20-35(36)41-37(43)25-24-34-29-23-22-28(26-38(29)44(3,4)42(34)41)40-32-18-10-8-16-30(32)39(27-14-6-5-7-15-27)31-17-9-11-19-33(31)40/h5-26H,1-4H3. The van der Waals surface area contributed by atoms with Gasteiger partial charge in [0, 0.05) is 10.8 Å². The van der Waals surface area contributed by atoms with E-state index >= 15 is 0 Å². The number of rotatable bonds is 2. The fraction of sp³-hybridized carbons (Fsp3) is 0.136. The Balaban J connectivity index is 1.31. The van der Waals surface area contributed by atoms with Crippen LogP contribution in [-0.2, 0) is 10.8 Å². The first kappa shape index (κ1) is 25.5. The van der Waals surface area contributed by atoms with Crippen LogP contribution in [0, 0.1) is 0 Å². The number of hydrogen-bond acceptors (Lipinski definition) is 0. The highest BCUT2D eigenvalue weighted by atomic mass is 14.5. The normalized spacial score (nSPS) is 15.2. The molecule has 0 radical (unpaired) electrons. The summed E-state index contributed by atoms with van der Waals surface area (Å²) in [6.45, 7) is 9.63. The first-order valence-corrected chi connectivity index (χ1v) is 15.8. The highest BCUT2D eigenvalue weighted by molar-refractivity contribution is 6.21. The lowest BCUT2D eigenvalue weighted by atomic mass is 9.76. The van der Waals surface area contributed by atoms with Crippen molar-refractivity contribution in [3.63, 3.8) is 0 Å². The van der Waals surface area contributed by atoms with Gasteiger partial charge >= 0.3 is 0 Å². The average molecular weight is 563 g/mol. The van der Waals surface area contributed by atoms with E-state index in [4.69, 9.17) is 0 Å². The van der Waals surface area contributed by atoms with E-state index in [0.717, 1.165) is 0 Å². The number of fused-ring (bicyclic) bond motifs is 9.